The Morgan fingerprint density at radius 2 is 2.04 bits per heavy atom. The Kier molecular flexibility index (Phi) is 6.70. The quantitative estimate of drug-likeness (QED) is 0.584. The van der Waals surface area contributed by atoms with Crippen LogP contribution in [0.5, 0.6) is 5.75 Å². The minimum absolute atomic E-state index is 0.172. The first-order valence-corrected chi connectivity index (χ1v) is 9.95. The molecule has 1 saturated heterocycles. The van der Waals surface area contributed by atoms with E-state index in [0.717, 1.165) is 62.5 Å². The zero-order chi connectivity index (χ0) is 20.1. The first kappa shape index (κ1) is 20.8. The van der Waals surface area contributed by atoms with Gasteiger partial charge in [-0.1, -0.05) is 19.4 Å². The molecule has 1 aliphatic heterocycles. The van der Waals surface area contributed by atoms with E-state index >= 15 is 0 Å². The summed E-state index contributed by atoms with van der Waals surface area (Å²) in [5.41, 5.74) is -0.684. The number of rotatable bonds is 7. The molecule has 0 bridgehead atoms. The fourth-order valence-electron chi connectivity index (χ4n) is 3.85. The molecule has 1 aromatic carbocycles. The van der Waals surface area contributed by atoms with E-state index in [0.29, 0.717) is 6.61 Å². The molecule has 2 atom stereocenters. The summed E-state index contributed by atoms with van der Waals surface area (Å²) in [5, 5.41) is 0. The number of likely N-dealkylation sites (tertiary alicyclic amines) is 1. The average Bonchev–Trinajstić information content (AvgIpc) is 3.10. The highest BCUT2D eigenvalue weighted by molar-refractivity contribution is 5.30. The normalized spacial score (nSPS) is 21.0. The van der Waals surface area contributed by atoms with Crippen LogP contribution < -0.4 is 4.74 Å². The van der Waals surface area contributed by atoms with Gasteiger partial charge in [-0.05, 0) is 63.2 Å². The van der Waals surface area contributed by atoms with Gasteiger partial charge in [-0.2, -0.15) is 13.2 Å². The summed E-state index contributed by atoms with van der Waals surface area (Å²) in [6.45, 7) is 7.38. The second-order valence-corrected chi connectivity index (χ2v) is 7.59. The molecular formula is C22H28F3NO2. The van der Waals surface area contributed by atoms with Crippen molar-refractivity contribution in [2.75, 3.05) is 26.2 Å². The first-order valence-electron chi connectivity index (χ1n) is 9.95. The van der Waals surface area contributed by atoms with Crippen LogP contribution in [0.4, 0.5) is 13.2 Å². The van der Waals surface area contributed by atoms with Crippen molar-refractivity contribution in [2.24, 2.45) is 5.92 Å². The Balaban J connectivity index is 1.71. The molecular weight excluding hydrogens is 367 g/mol. The molecule has 0 aliphatic carbocycles. The Bertz CT molecular complexity index is 756. The van der Waals surface area contributed by atoms with E-state index in [1.807, 2.05) is 19.1 Å². The summed E-state index contributed by atoms with van der Waals surface area (Å²) in [6, 6.07) is 9.08. The van der Waals surface area contributed by atoms with Gasteiger partial charge < -0.3 is 14.1 Å². The maximum absolute atomic E-state index is 12.9. The summed E-state index contributed by atoms with van der Waals surface area (Å²) in [6.07, 6.45) is -1.11. The summed E-state index contributed by atoms with van der Waals surface area (Å²) in [4.78, 5) is 2.43. The van der Waals surface area contributed by atoms with Crippen molar-refractivity contribution in [1.82, 2.24) is 4.90 Å². The van der Waals surface area contributed by atoms with E-state index in [1.54, 1.807) is 6.07 Å². The second kappa shape index (κ2) is 9.03. The monoisotopic (exact) mass is 395 g/mol. The molecule has 0 radical (unpaired) electrons. The Labute approximate surface area is 164 Å². The molecule has 154 valence electrons. The summed E-state index contributed by atoms with van der Waals surface area (Å²) >= 11 is 0. The predicted molar refractivity (Wildman–Crippen MR) is 103 cm³/mol. The summed E-state index contributed by atoms with van der Waals surface area (Å²) < 4.78 is 50.5. The summed E-state index contributed by atoms with van der Waals surface area (Å²) in [7, 11) is 0. The topological polar surface area (TPSA) is 25.6 Å². The van der Waals surface area contributed by atoms with Gasteiger partial charge in [0.2, 0.25) is 0 Å². The number of unbranched alkanes of at least 4 members (excludes halogenated alkanes) is 1. The molecule has 0 spiro atoms. The number of hydrogen-bond acceptors (Lipinski definition) is 3. The molecule has 6 heteroatoms. The lowest BCUT2D eigenvalue weighted by Gasteiger charge is -2.37. The smallest absolute Gasteiger partial charge is 0.416 e. The van der Waals surface area contributed by atoms with E-state index in [1.165, 1.54) is 6.07 Å². The number of alkyl halides is 3. The van der Waals surface area contributed by atoms with E-state index in [4.69, 9.17) is 9.15 Å². The molecule has 1 fully saturated rings. The number of furan rings is 1. The zero-order valence-electron chi connectivity index (χ0n) is 16.5. The van der Waals surface area contributed by atoms with Crippen molar-refractivity contribution in [3.8, 4) is 5.75 Å². The minimum atomic E-state index is -4.37. The number of aryl methyl sites for hydroxylation is 1. The molecule has 0 unspecified atom stereocenters. The number of piperidine rings is 1. The van der Waals surface area contributed by atoms with Crippen LogP contribution in [0.3, 0.4) is 0 Å². The van der Waals surface area contributed by atoms with Gasteiger partial charge in [0.1, 0.15) is 17.3 Å². The van der Waals surface area contributed by atoms with Crippen LogP contribution >= 0.6 is 0 Å². The molecule has 2 heterocycles. The predicted octanol–water partition coefficient (Wildman–Crippen LogP) is 5.89. The third-order valence-corrected chi connectivity index (χ3v) is 5.40. The number of benzene rings is 1. The van der Waals surface area contributed by atoms with E-state index in [2.05, 4.69) is 11.8 Å². The summed E-state index contributed by atoms with van der Waals surface area (Å²) in [5.74, 6) is 2.48. The Morgan fingerprint density at radius 1 is 1.21 bits per heavy atom. The van der Waals surface area contributed by atoms with Gasteiger partial charge in [0.15, 0.2) is 0 Å². The second-order valence-electron chi connectivity index (χ2n) is 7.59. The molecule has 0 saturated carbocycles. The van der Waals surface area contributed by atoms with Gasteiger partial charge in [0, 0.05) is 18.4 Å². The van der Waals surface area contributed by atoms with Crippen LogP contribution in [0.25, 0.3) is 0 Å². The standard InChI is InChI=1S/C22H28F3NO2/c1-3-4-11-26-12-10-20(21-9-8-16(2)28-21)17(14-26)15-27-19-7-5-6-18(13-19)22(23,24)25/h5-9,13,17,20H,3-4,10-12,14-15H2,1-2H3/t17-,20+/m0/s1. The highest BCUT2D eigenvalue weighted by atomic mass is 19.4. The van der Waals surface area contributed by atoms with Crippen molar-refractivity contribution < 1.29 is 22.3 Å². The molecule has 1 aliphatic rings. The average molecular weight is 395 g/mol. The van der Waals surface area contributed by atoms with Crippen molar-refractivity contribution in [1.29, 1.82) is 0 Å². The van der Waals surface area contributed by atoms with Crippen LogP contribution in [0, 0.1) is 12.8 Å². The Hall–Kier alpha value is -1.95. The van der Waals surface area contributed by atoms with Crippen LogP contribution in [-0.2, 0) is 6.18 Å². The maximum Gasteiger partial charge on any atom is 0.416 e. The van der Waals surface area contributed by atoms with Gasteiger partial charge in [0.25, 0.3) is 0 Å². The van der Waals surface area contributed by atoms with Crippen LogP contribution in [0.15, 0.2) is 40.8 Å². The van der Waals surface area contributed by atoms with Gasteiger partial charge in [0.05, 0.1) is 12.2 Å². The van der Waals surface area contributed by atoms with E-state index in [9.17, 15) is 13.2 Å². The van der Waals surface area contributed by atoms with Gasteiger partial charge in [-0.15, -0.1) is 0 Å². The van der Waals surface area contributed by atoms with Crippen molar-refractivity contribution in [3.05, 3.63) is 53.5 Å². The minimum Gasteiger partial charge on any atom is -0.493 e. The van der Waals surface area contributed by atoms with Gasteiger partial charge in [-0.25, -0.2) is 0 Å². The number of nitrogens with zero attached hydrogens (tertiary/aromatic N) is 1. The number of halogens is 3. The van der Waals surface area contributed by atoms with Gasteiger partial charge in [-0.3, -0.25) is 0 Å². The molecule has 0 amide bonds. The molecule has 0 N–H and O–H groups in total. The van der Waals surface area contributed by atoms with Gasteiger partial charge >= 0.3 is 6.18 Å². The van der Waals surface area contributed by atoms with Crippen LogP contribution in [0.2, 0.25) is 0 Å². The number of ether oxygens (including phenoxy) is 1. The third kappa shape index (κ3) is 5.31. The third-order valence-electron chi connectivity index (χ3n) is 5.40. The van der Waals surface area contributed by atoms with Crippen molar-refractivity contribution in [2.45, 2.75) is 45.2 Å². The highest BCUT2D eigenvalue weighted by Crippen LogP contribution is 2.35. The highest BCUT2D eigenvalue weighted by Gasteiger charge is 2.33. The molecule has 3 nitrogen and oxygen atoms in total. The Morgan fingerprint density at radius 3 is 2.71 bits per heavy atom. The molecule has 1 aromatic heterocycles. The molecule has 2 aromatic rings. The lowest BCUT2D eigenvalue weighted by Crippen LogP contribution is -2.42. The zero-order valence-corrected chi connectivity index (χ0v) is 16.5. The van der Waals surface area contributed by atoms with E-state index in [-0.39, 0.29) is 17.6 Å². The first-order chi connectivity index (χ1) is 13.4. The SMILES string of the molecule is CCCCN1CC[C@@H](c2ccc(C)o2)[C@H](COc2cccc(C(F)(F)F)c2)C1. The van der Waals surface area contributed by atoms with Crippen LogP contribution in [0.1, 0.15) is 49.2 Å². The lowest BCUT2D eigenvalue weighted by atomic mass is 9.84. The molecule has 28 heavy (non-hydrogen) atoms. The fraction of sp³-hybridized carbons (Fsp3) is 0.545. The lowest BCUT2D eigenvalue weighted by molar-refractivity contribution is -0.137. The number of hydrogen-bond donors (Lipinski definition) is 0. The van der Waals surface area contributed by atoms with Crippen LogP contribution in [-0.4, -0.2) is 31.1 Å². The fourth-order valence-corrected chi connectivity index (χ4v) is 3.85. The van der Waals surface area contributed by atoms with E-state index < -0.39 is 11.7 Å². The van der Waals surface area contributed by atoms with Crippen molar-refractivity contribution >= 4 is 0 Å². The molecule has 3 rings (SSSR count). The van der Waals surface area contributed by atoms with Crippen molar-refractivity contribution in [3.63, 3.8) is 0 Å². The largest absolute Gasteiger partial charge is 0.493 e. The maximum atomic E-state index is 12.9.